The summed E-state index contributed by atoms with van der Waals surface area (Å²) < 4.78 is 25.1. The number of fused-ring (bicyclic) bond motifs is 1. The number of hydrogen-bond acceptors (Lipinski definition) is 6. The summed E-state index contributed by atoms with van der Waals surface area (Å²) in [7, 11) is 2.93. The third-order valence-electron chi connectivity index (χ3n) is 4.53. The van der Waals surface area contributed by atoms with Crippen LogP contribution in [0.3, 0.4) is 0 Å². The van der Waals surface area contributed by atoms with Gasteiger partial charge in [0.05, 0.1) is 41.4 Å². The topological polar surface area (TPSA) is 83.1 Å². The zero-order valence-corrected chi connectivity index (χ0v) is 16.9. The lowest BCUT2D eigenvalue weighted by molar-refractivity contribution is -0.139. The number of carbonyl (C=O) groups is 1. The van der Waals surface area contributed by atoms with E-state index >= 15 is 0 Å². The number of phenols is 1. The fraction of sp³-hybridized carbons (Fsp3) is 0.250. The first-order chi connectivity index (χ1) is 13.3. The van der Waals surface area contributed by atoms with Crippen LogP contribution in [0.2, 0.25) is 0 Å². The minimum Gasteiger partial charge on any atom is -0.505 e. The molecule has 3 aromatic rings. The number of nitrogens with zero attached hydrogens (tertiary/aromatic N) is 1. The van der Waals surface area contributed by atoms with E-state index in [0.717, 1.165) is 0 Å². The van der Waals surface area contributed by atoms with Crippen LogP contribution < -0.4 is 4.90 Å². The summed E-state index contributed by atoms with van der Waals surface area (Å²) in [5.41, 5.74) is 1.29. The number of anilines is 1. The van der Waals surface area contributed by atoms with E-state index in [1.165, 1.54) is 25.5 Å². The van der Waals surface area contributed by atoms with Crippen molar-refractivity contribution >= 4 is 38.6 Å². The summed E-state index contributed by atoms with van der Waals surface area (Å²) in [6.07, 6.45) is 0.140. The van der Waals surface area contributed by atoms with Crippen LogP contribution in [0.4, 0.5) is 10.1 Å². The van der Waals surface area contributed by atoms with Gasteiger partial charge in [-0.15, -0.1) is 0 Å². The highest BCUT2D eigenvalue weighted by Crippen LogP contribution is 2.35. The zero-order valence-electron chi connectivity index (χ0n) is 15.3. The summed E-state index contributed by atoms with van der Waals surface area (Å²) in [5, 5.41) is 21.4. The number of ether oxygens (including phenoxy) is 1. The highest BCUT2D eigenvalue weighted by molar-refractivity contribution is 9.10. The Bertz CT molecular complexity index is 1020. The van der Waals surface area contributed by atoms with E-state index < -0.39 is 17.9 Å². The van der Waals surface area contributed by atoms with Gasteiger partial charge in [0.2, 0.25) is 0 Å². The molecule has 0 fully saturated rings. The van der Waals surface area contributed by atoms with Crippen molar-refractivity contribution in [2.75, 3.05) is 25.6 Å². The highest BCUT2D eigenvalue weighted by Gasteiger charge is 2.22. The van der Waals surface area contributed by atoms with Crippen molar-refractivity contribution in [1.29, 1.82) is 0 Å². The number of phenolic OH excluding ortho intramolecular Hbond substituents is 1. The van der Waals surface area contributed by atoms with Gasteiger partial charge < -0.3 is 24.3 Å². The van der Waals surface area contributed by atoms with Crippen molar-refractivity contribution in [3.63, 3.8) is 0 Å². The van der Waals surface area contributed by atoms with Gasteiger partial charge in [0.1, 0.15) is 11.6 Å². The minimum absolute atomic E-state index is 0.0158. The molecule has 2 N–H and O–H groups in total. The van der Waals surface area contributed by atoms with E-state index in [4.69, 9.17) is 4.42 Å². The van der Waals surface area contributed by atoms with E-state index in [2.05, 4.69) is 20.7 Å². The molecule has 0 spiro atoms. The van der Waals surface area contributed by atoms with Crippen molar-refractivity contribution < 1.29 is 28.6 Å². The molecule has 1 atom stereocenters. The normalized spacial score (nSPS) is 12.2. The molecule has 1 heterocycles. The second-order valence-electron chi connectivity index (χ2n) is 6.36. The van der Waals surface area contributed by atoms with E-state index in [9.17, 15) is 19.4 Å². The second kappa shape index (κ2) is 8.20. The highest BCUT2D eigenvalue weighted by atomic mass is 79.9. The van der Waals surface area contributed by atoms with Gasteiger partial charge in [0.15, 0.2) is 5.58 Å². The SMILES string of the molecule is COC(=O)Cc1cccc(N(C)CC(O)c2cc(Br)c3occc3c2F)c1O. The quantitative estimate of drug-likeness (QED) is 0.552. The van der Waals surface area contributed by atoms with Crippen LogP contribution in [-0.4, -0.2) is 36.9 Å². The molecule has 0 aliphatic carbocycles. The van der Waals surface area contributed by atoms with Crippen molar-refractivity contribution in [3.05, 3.63) is 58.0 Å². The number of furan rings is 1. The number of aliphatic hydroxyl groups is 1. The molecule has 6 nitrogen and oxygen atoms in total. The monoisotopic (exact) mass is 451 g/mol. The smallest absolute Gasteiger partial charge is 0.310 e. The number of methoxy groups -OCH3 is 1. The van der Waals surface area contributed by atoms with E-state index in [1.807, 2.05) is 0 Å². The molecule has 0 aliphatic heterocycles. The molecule has 0 amide bonds. The summed E-state index contributed by atoms with van der Waals surface area (Å²) in [4.78, 5) is 13.1. The predicted octanol–water partition coefficient (Wildman–Crippen LogP) is 3.93. The Morgan fingerprint density at radius 1 is 1.39 bits per heavy atom. The number of para-hydroxylation sites is 1. The first-order valence-electron chi connectivity index (χ1n) is 8.45. The fourth-order valence-electron chi connectivity index (χ4n) is 3.04. The largest absolute Gasteiger partial charge is 0.505 e. The van der Waals surface area contributed by atoms with Crippen LogP contribution >= 0.6 is 15.9 Å². The van der Waals surface area contributed by atoms with E-state index in [1.54, 1.807) is 30.1 Å². The van der Waals surface area contributed by atoms with Crippen molar-refractivity contribution in [2.45, 2.75) is 12.5 Å². The Morgan fingerprint density at radius 3 is 2.86 bits per heavy atom. The summed E-state index contributed by atoms with van der Waals surface area (Å²) in [6, 6.07) is 7.92. The molecule has 2 aromatic carbocycles. The average molecular weight is 452 g/mol. The number of carbonyl (C=O) groups excluding carboxylic acids is 1. The summed E-state index contributed by atoms with van der Waals surface area (Å²) in [5.74, 6) is -1.12. The summed E-state index contributed by atoms with van der Waals surface area (Å²) in [6.45, 7) is 0.0158. The van der Waals surface area contributed by atoms with Gasteiger partial charge in [-0.2, -0.15) is 0 Å². The lowest BCUT2D eigenvalue weighted by Crippen LogP contribution is -2.25. The molecule has 28 heavy (non-hydrogen) atoms. The van der Waals surface area contributed by atoms with Gasteiger partial charge in [-0.05, 0) is 34.1 Å². The van der Waals surface area contributed by atoms with Crippen molar-refractivity contribution in [3.8, 4) is 5.75 Å². The Morgan fingerprint density at radius 2 is 2.14 bits per heavy atom. The molecule has 0 saturated heterocycles. The average Bonchev–Trinajstić information content (AvgIpc) is 3.16. The van der Waals surface area contributed by atoms with Crippen molar-refractivity contribution in [2.24, 2.45) is 0 Å². The number of benzene rings is 2. The molecule has 0 aliphatic rings. The van der Waals surface area contributed by atoms with Gasteiger partial charge in [-0.1, -0.05) is 12.1 Å². The third-order valence-corrected chi connectivity index (χ3v) is 5.12. The van der Waals surface area contributed by atoms with Gasteiger partial charge in [0, 0.05) is 24.7 Å². The fourth-order valence-corrected chi connectivity index (χ4v) is 3.60. The van der Waals surface area contributed by atoms with Crippen LogP contribution in [0.5, 0.6) is 5.75 Å². The van der Waals surface area contributed by atoms with Gasteiger partial charge >= 0.3 is 5.97 Å². The van der Waals surface area contributed by atoms with Crippen LogP contribution in [0.1, 0.15) is 17.2 Å². The zero-order chi connectivity index (χ0) is 20.4. The minimum atomic E-state index is -1.16. The molecule has 0 bridgehead atoms. The van der Waals surface area contributed by atoms with Crippen LogP contribution in [-0.2, 0) is 16.0 Å². The molecule has 0 radical (unpaired) electrons. The van der Waals surface area contributed by atoms with Gasteiger partial charge in [-0.3, -0.25) is 4.79 Å². The van der Waals surface area contributed by atoms with Crippen LogP contribution in [0.25, 0.3) is 11.0 Å². The lowest BCUT2D eigenvalue weighted by atomic mass is 10.0. The maximum Gasteiger partial charge on any atom is 0.310 e. The first-order valence-corrected chi connectivity index (χ1v) is 9.24. The van der Waals surface area contributed by atoms with Crippen LogP contribution in [0.15, 0.2) is 45.5 Å². The van der Waals surface area contributed by atoms with E-state index in [0.29, 0.717) is 21.3 Å². The maximum absolute atomic E-state index is 14.8. The summed E-state index contributed by atoms with van der Waals surface area (Å²) >= 11 is 3.32. The molecule has 0 saturated carbocycles. The Hall–Kier alpha value is -2.58. The molecule has 1 aromatic heterocycles. The van der Waals surface area contributed by atoms with Crippen LogP contribution in [0, 0.1) is 5.82 Å². The standard InChI is InChI=1S/C20H19BrFNO5/c1-23(15-5-3-4-11(19(15)26)8-17(25)27-2)10-16(24)13-9-14(21)20-12(18(13)22)6-7-28-20/h3-7,9,16,24,26H,8,10H2,1-2H3. The molecular weight excluding hydrogens is 433 g/mol. The molecule has 8 heteroatoms. The third kappa shape index (κ3) is 3.83. The van der Waals surface area contributed by atoms with Crippen molar-refractivity contribution in [1.82, 2.24) is 0 Å². The molecular formula is C20H19BrFNO5. The number of likely N-dealkylation sites (N-methyl/N-ethyl adjacent to an activating group) is 1. The van der Waals surface area contributed by atoms with E-state index in [-0.39, 0.29) is 29.7 Å². The number of rotatable bonds is 6. The molecule has 3 rings (SSSR count). The predicted molar refractivity (Wildman–Crippen MR) is 106 cm³/mol. The molecule has 1 unspecified atom stereocenters. The lowest BCUT2D eigenvalue weighted by Gasteiger charge is -2.25. The first kappa shape index (κ1) is 20.2. The Kier molecular flexibility index (Phi) is 5.90. The number of aromatic hydroxyl groups is 1. The van der Waals surface area contributed by atoms with Gasteiger partial charge in [-0.25, -0.2) is 4.39 Å². The molecule has 148 valence electrons. The second-order valence-corrected chi connectivity index (χ2v) is 7.21. The number of halogens is 2. The number of esters is 1. The number of hydrogen-bond donors (Lipinski definition) is 2. The van der Waals surface area contributed by atoms with Gasteiger partial charge in [0.25, 0.3) is 0 Å². The Balaban J connectivity index is 1.85. The Labute approximate surface area is 169 Å². The maximum atomic E-state index is 14.8. The number of aliphatic hydroxyl groups excluding tert-OH is 1.